The van der Waals surface area contributed by atoms with Crippen LogP contribution in [-0.2, 0) is 16.1 Å². The molecular weight excluding hydrogens is 216 g/mol. The van der Waals surface area contributed by atoms with Crippen LogP contribution in [0.4, 0.5) is 0 Å². The minimum Gasteiger partial charge on any atom is -0.345 e. The summed E-state index contributed by atoms with van der Waals surface area (Å²) >= 11 is 0. The van der Waals surface area contributed by atoms with Gasteiger partial charge >= 0.3 is 0 Å². The second kappa shape index (κ2) is 4.99. The Bertz CT molecular complexity index is 417. The van der Waals surface area contributed by atoms with Crippen LogP contribution < -0.4 is 5.32 Å². The third-order valence-corrected chi connectivity index (χ3v) is 3.00. The molecule has 1 aliphatic rings. The van der Waals surface area contributed by atoms with Gasteiger partial charge in [-0.25, -0.2) is 0 Å². The predicted molar refractivity (Wildman–Crippen MR) is 64.1 cm³/mol. The quantitative estimate of drug-likeness (QED) is 0.842. The minimum absolute atomic E-state index is 0.0136. The average Bonchev–Trinajstić information content (AvgIpc) is 2.35. The van der Waals surface area contributed by atoms with Crippen LogP contribution in [0.2, 0.25) is 0 Å². The lowest BCUT2D eigenvalue weighted by molar-refractivity contribution is -0.146. The molecule has 1 aromatic rings. The Morgan fingerprint density at radius 2 is 2.00 bits per heavy atom. The first-order valence-electron chi connectivity index (χ1n) is 5.83. The van der Waals surface area contributed by atoms with Gasteiger partial charge in [-0.3, -0.25) is 9.59 Å². The second-order valence-electron chi connectivity index (χ2n) is 4.15. The number of nitrogens with one attached hydrogen (secondary N) is 1. The molecule has 1 fully saturated rings. The van der Waals surface area contributed by atoms with Gasteiger partial charge < -0.3 is 10.2 Å². The maximum Gasteiger partial charge on any atom is 0.243 e. The number of carbonyl (C=O) groups is 2. The summed E-state index contributed by atoms with van der Waals surface area (Å²) in [6.07, 6.45) is 0.643. The Morgan fingerprint density at radius 1 is 1.29 bits per heavy atom. The zero-order valence-electron chi connectivity index (χ0n) is 9.85. The van der Waals surface area contributed by atoms with E-state index in [9.17, 15) is 9.59 Å². The van der Waals surface area contributed by atoms with Crippen molar-refractivity contribution in [1.82, 2.24) is 10.2 Å². The summed E-state index contributed by atoms with van der Waals surface area (Å²) < 4.78 is 0. The zero-order chi connectivity index (χ0) is 12.3. The van der Waals surface area contributed by atoms with Gasteiger partial charge in [0.25, 0.3) is 0 Å². The van der Waals surface area contributed by atoms with Crippen LogP contribution in [0.5, 0.6) is 0 Å². The average molecular weight is 232 g/mol. The van der Waals surface area contributed by atoms with Crippen molar-refractivity contribution in [3.63, 3.8) is 0 Å². The lowest BCUT2D eigenvalue weighted by atomic mass is 10.1. The van der Waals surface area contributed by atoms with Gasteiger partial charge in [0.15, 0.2) is 0 Å². The number of hydrogen-bond donors (Lipinski definition) is 1. The van der Waals surface area contributed by atoms with Gasteiger partial charge in [0.2, 0.25) is 11.8 Å². The van der Waals surface area contributed by atoms with Gasteiger partial charge in [0.05, 0.1) is 6.54 Å². The molecule has 0 aromatic heterocycles. The van der Waals surface area contributed by atoms with Crippen LogP contribution in [-0.4, -0.2) is 29.3 Å². The number of benzene rings is 1. The van der Waals surface area contributed by atoms with Gasteiger partial charge in [-0.05, 0) is 12.0 Å². The Kier molecular flexibility index (Phi) is 3.42. The van der Waals surface area contributed by atoms with Crippen molar-refractivity contribution < 1.29 is 9.59 Å². The van der Waals surface area contributed by atoms with Crippen LogP contribution in [0.25, 0.3) is 0 Å². The number of amides is 2. The number of nitrogens with zero attached hydrogens (tertiary/aromatic N) is 1. The lowest BCUT2D eigenvalue weighted by Crippen LogP contribution is -2.57. The Hall–Kier alpha value is -1.84. The topological polar surface area (TPSA) is 49.4 Å². The number of piperazine rings is 1. The third kappa shape index (κ3) is 2.46. The normalized spacial score (nSPS) is 20.3. The van der Waals surface area contributed by atoms with Gasteiger partial charge in [-0.2, -0.15) is 0 Å². The summed E-state index contributed by atoms with van der Waals surface area (Å²) in [5, 5.41) is 2.62. The van der Waals surface area contributed by atoms with E-state index in [-0.39, 0.29) is 24.4 Å². The smallest absolute Gasteiger partial charge is 0.243 e. The molecule has 4 heteroatoms. The van der Waals surface area contributed by atoms with Crippen molar-refractivity contribution in [1.29, 1.82) is 0 Å². The predicted octanol–water partition coefficient (Wildman–Crippen LogP) is 0.924. The van der Waals surface area contributed by atoms with Crippen LogP contribution in [0.15, 0.2) is 30.3 Å². The van der Waals surface area contributed by atoms with Gasteiger partial charge in [0, 0.05) is 6.54 Å². The molecule has 0 radical (unpaired) electrons. The fourth-order valence-electron chi connectivity index (χ4n) is 2.08. The lowest BCUT2D eigenvalue weighted by Gasteiger charge is -2.34. The van der Waals surface area contributed by atoms with E-state index in [1.54, 1.807) is 4.90 Å². The van der Waals surface area contributed by atoms with E-state index in [4.69, 9.17) is 0 Å². The van der Waals surface area contributed by atoms with Crippen molar-refractivity contribution in [3.05, 3.63) is 35.9 Å². The highest BCUT2D eigenvalue weighted by molar-refractivity contribution is 5.94. The van der Waals surface area contributed by atoms with Gasteiger partial charge in [0.1, 0.15) is 6.04 Å². The number of rotatable bonds is 3. The van der Waals surface area contributed by atoms with Crippen molar-refractivity contribution in [2.24, 2.45) is 0 Å². The number of carbonyl (C=O) groups excluding carboxylic acids is 2. The molecule has 17 heavy (non-hydrogen) atoms. The van der Waals surface area contributed by atoms with Crippen LogP contribution in [0.1, 0.15) is 18.9 Å². The van der Waals surface area contributed by atoms with Gasteiger partial charge in [-0.1, -0.05) is 37.3 Å². The van der Waals surface area contributed by atoms with E-state index in [0.29, 0.717) is 13.0 Å². The Balaban J connectivity index is 2.16. The van der Waals surface area contributed by atoms with Crippen molar-refractivity contribution in [3.8, 4) is 0 Å². The molecule has 1 unspecified atom stereocenters. The summed E-state index contributed by atoms with van der Waals surface area (Å²) in [5.41, 5.74) is 1.05. The van der Waals surface area contributed by atoms with Gasteiger partial charge in [-0.15, -0.1) is 0 Å². The maximum atomic E-state index is 11.8. The first-order valence-corrected chi connectivity index (χ1v) is 5.83. The molecule has 90 valence electrons. The van der Waals surface area contributed by atoms with Crippen LogP contribution in [0, 0.1) is 0 Å². The van der Waals surface area contributed by atoms with E-state index < -0.39 is 0 Å². The highest BCUT2D eigenvalue weighted by atomic mass is 16.2. The molecule has 2 rings (SSSR count). The zero-order valence-corrected chi connectivity index (χ0v) is 9.85. The highest BCUT2D eigenvalue weighted by Crippen LogP contribution is 2.14. The molecule has 1 N–H and O–H groups in total. The second-order valence-corrected chi connectivity index (χ2v) is 4.15. The summed E-state index contributed by atoms with van der Waals surface area (Å²) in [5.74, 6) is -0.0664. The van der Waals surface area contributed by atoms with E-state index >= 15 is 0 Å². The fraction of sp³-hybridized carbons (Fsp3) is 0.385. The van der Waals surface area contributed by atoms with E-state index in [0.717, 1.165) is 5.56 Å². The first-order chi connectivity index (χ1) is 8.22. The summed E-state index contributed by atoms with van der Waals surface area (Å²) in [6, 6.07) is 9.40. The summed E-state index contributed by atoms with van der Waals surface area (Å²) in [4.78, 5) is 25.2. The molecule has 4 nitrogen and oxygen atoms in total. The highest BCUT2D eigenvalue weighted by Gasteiger charge is 2.32. The van der Waals surface area contributed by atoms with Crippen LogP contribution >= 0.6 is 0 Å². The molecule has 0 aliphatic carbocycles. The third-order valence-electron chi connectivity index (χ3n) is 3.00. The Labute approximate surface area is 101 Å². The van der Waals surface area contributed by atoms with Crippen LogP contribution in [0.3, 0.4) is 0 Å². The SMILES string of the molecule is CCC1C(=O)NCC(=O)N1Cc1ccccc1. The maximum absolute atomic E-state index is 11.8. The van der Waals surface area contributed by atoms with Crippen molar-refractivity contribution in [2.45, 2.75) is 25.9 Å². The van der Waals surface area contributed by atoms with E-state index in [1.807, 2.05) is 37.3 Å². The molecule has 1 aromatic carbocycles. The molecule has 2 amide bonds. The molecule has 0 spiro atoms. The Morgan fingerprint density at radius 3 is 2.65 bits per heavy atom. The molecule has 0 saturated carbocycles. The largest absolute Gasteiger partial charge is 0.345 e. The molecule has 1 saturated heterocycles. The molecule has 1 atom stereocenters. The molecular formula is C13H16N2O2. The first kappa shape index (κ1) is 11.6. The standard InChI is InChI=1S/C13H16N2O2/c1-2-11-13(17)14-8-12(16)15(11)9-10-6-4-3-5-7-10/h3-7,11H,2,8-9H2,1H3,(H,14,17). The van der Waals surface area contributed by atoms with Crippen molar-refractivity contribution >= 4 is 11.8 Å². The summed E-state index contributed by atoms with van der Waals surface area (Å²) in [7, 11) is 0. The van der Waals surface area contributed by atoms with E-state index in [2.05, 4.69) is 5.32 Å². The molecule has 1 aliphatic heterocycles. The minimum atomic E-state index is -0.337. The molecule has 0 bridgehead atoms. The van der Waals surface area contributed by atoms with E-state index in [1.165, 1.54) is 0 Å². The van der Waals surface area contributed by atoms with Crippen molar-refractivity contribution in [2.75, 3.05) is 6.54 Å². The monoisotopic (exact) mass is 232 g/mol. The number of hydrogen-bond acceptors (Lipinski definition) is 2. The summed E-state index contributed by atoms with van der Waals surface area (Å²) in [6.45, 7) is 2.54. The fourth-order valence-corrected chi connectivity index (χ4v) is 2.08. The molecule has 1 heterocycles.